The predicted molar refractivity (Wildman–Crippen MR) is 54.2 cm³/mol. The van der Waals surface area contributed by atoms with Crippen molar-refractivity contribution in [2.75, 3.05) is 11.4 Å². The van der Waals surface area contributed by atoms with E-state index in [9.17, 15) is 9.90 Å². The van der Waals surface area contributed by atoms with Crippen LogP contribution in [0.1, 0.15) is 13.8 Å². The average Bonchev–Trinajstić information content (AvgIpc) is 2.15. The second-order valence-corrected chi connectivity index (χ2v) is 4.26. The maximum absolute atomic E-state index is 11.7. The molecule has 1 aliphatic rings. The highest BCUT2D eigenvalue weighted by Gasteiger charge is 2.45. The molecule has 1 saturated heterocycles. The Balaban J connectivity index is 2.28. The van der Waals surface area contributed by atoms with Gasteiger partial charge in [-0.1, -0.05) is 12.1 Å². The zero-order valence-electron chi connectivity index (χ0n) is 8.32. The van der Waals surface area contributed by atoms with Gasteiger partial charge >= 0.3 is 0 Å². The smallest absolute Gasteiger partial charge is 0.234 e. The van der Waals surface area contributed by atoms with Crippen LogP contribution in [0.15, 0.2) is 24.3 Å². The van der Waals surface area contributed by atoms with Crippen molar-refractivity contribution in [3.05, 3.63) is 24.3 Å². The molecule has 2 rings (SSSR count). The summed E-state index contributed by atoms with van der Waals surface area (Å²) < 4.78 is 0. The van der Waals surface area contributed by atoms with Crippen molar-refractivity contribution in [2.24, 2.45) is 5.41 Å². The van der Waals surface area contributed by atoms with Crippen LogP contribution >= 0.6 is 0 Å². The summed E-state index contributed by atoms with van der Waals surface area (Å²) in [6, 6.07) is 6.90. The summed E-state index contributed by atoms with van der Waals surface area (Å²) in [6.45, 7) is 4.49. The van der Waals surface area contributed by atoms with E-state index in [1.165, 1.54) is 0 Å². The van der Waals surface area contributed by atoms with E-state index in [4.69, 9.17) is 0 Å². The molecule has 14 heavy (non-hydrogen) atoms. The van der Waals surface area contributed by atoms with Gasteiger partial charge in [-0.25, -0.2) is 0 Å². The number of carbonyl (C=O) groups is 1. The van der Waals surface area contributed by atoms with Gasteiger partial charge in [-0.05, 0) is 26.0 Å². The van der Waals surface area contributed by atoms with Gasteiger partial charge in [0.15, 0.2) is 0 Å². The second-order valence-electron chi connectivity index (χ2n) is 4.26. The van der Waals surface area contributed by atoms with Gasteiger partial charge in [-0.2, -0.15) is 0 Å². The molecule has 3 nitrogen and oxygen atoms in total. The Labute approximate surface area is 83.0 Å². The molecule has 0 radical (unpaired) electrons. The summed E-state index contributed by atoms with van der Waals surface area (Å²) in [5, 5.41) is 9.54. The number of phenols is 1. The SMILES string of the molecule is CC1(C)CN(c2ccccc2O)C1=O. The largest absolute Gasteiger partial charge is 0.506 e. The van der Waals surface area contributed by atoms with E-state index in [2.05, 4.69) is 0 Å². The fourth-order valence-corrected chi connectivity index (χ4v) is 1.70. The number of hydrogen-bond donors (Lipinski definition) is 1. The number of phenolic OH excluding ortho intramolecular Hbond substituents is 1. The summed E-state index contributed by atoms with van der Waals surface area (Å²) in [4.78, 5) is 13.3. The number of anilines is 1. The van der Waals surface area contributed by atoms with Crippen molar-refractivity contribution in [1.82, 2.24) is 0 Å². The number of nitrogens with zero attached hydrogens (tertiary/aromatic N) is 1. The summed E-state index contributed by atoms with van der Waals surface area (Å²) >= 11 is 0. The molecule has 1 amide bonds. The fraction of sp³-hybridized carbons (Fsp3) is 0.364. The normalized spacial score (nSPS) is 19.3. The molecule has 1 aliphatic heterocycles. The first-order valence-electron chi connectivity index (χ1n) is 4.62. The third kappa shape index (κ3) is 1.16. The van der Waals surface area contributed by atoms with Gasteiger partial charge in [0, 0.05) is 6.54 Å². The minimum Gasteiger partial charge on any atom is -0.506 e. The Morgan fingerprint density at radius 3 is 2.50 bits per heavy atom. The fourth-order valence-electron chi connectivity index (χ4n) is 1.70. The van der Waals surface area contributed by atoms with Crippen molar-refractivity contribution in [3.63, 3.8) is 0 Å². The maximum Gasteiger partial charge on any atom is 0.234 e. The molecule has 0 bridgehead atoms. The van der Waals surface area contributed by atoms with E-state index in [-0.39, 0.29) is 17.1 Å². The number of benzene rings is 1. The Hall–Kier alpha value is -1.51. The van der Waals surface area contributed by atoms with Gasteiger partial charge in [0.1, 0.15) is 5.75 Å². The number of rotatable bonds is 1. The third-order valence-corrected chi connectivity index (χ3v) is 2.55. The molecule has 0 atom stereocenters. The van der Waals surface area contributed by atoms with Crippen molar-refractivity contribution < 1.29 is 9.90 Å². The van der Waals surface area contributed by atoms with Crippen LogP contribution in [0.4, 0.5) is 5.69 Å². The van der Waals surface area contributed by atoms with Crippen molar-refractivity contribution in [1.29, 1.82) is 0 Å². The lowest BCUT2D eigenvalue weighted by atomic mass is 9.82. The quantitative estimate of drug-likeness (QED) is 0.687. The molecule has 74 valence electrons. The zero-order chi connectivity index (χ0) is 10.3. The molecule has 1 aromatic rings. The molecule has 0 aromatic heterocycles. The van der Waals surface area contributed by atoms with E-state index in [1.54, 1.807) is 23.1 Å². The number of β-lactam (4-membered cyclic amide) rings is 1. The minimum atomic E-state index is -0.276. The van der Waals surface area contributed by atoms with Crippen LogP contribution in [0.2, 0.25) is 0 Å². The highest BCUT2D eigenvalue weighted by Crippen LogP contribution is 2.38. The Morgan fingerprint density at radius 2 is 2.00 bits per heavy atom. The Morgan fingerprint density at radius 1 is 1.36 bits per heavy atom. The van der Waals surface area contributed by atoms with Crippen LogP contribution in [0, 0.1) is 5.41 Å². The van der Waals surface area contributed by atoms with Gasteiger partial charge < -0.3 is 10.0 Å². The minimum absolute atomic E-state index is 0.0685. The van der Waals surface area contributed by atoms with Crippen LogP contribution in [0.3, 0.4) is 0 Å². The van der Waals surface area contributed by atoms with Gasteiger partial charge in [0.2, 0.25) is 5.91 Å². The second kappa shape index (κ2) is 2.74. The number of hydrogen-bond acceptors (Lipinski definition) is 2. The van der Waals surface area contributed by atoms with Gasteiger partial charge in [0.25, 0.3) is 0 Å². The molecule has 1 aromatic carbocycles. The molecule has 0 unspecified atom stereocenters. The lowest BCUT2D eigenvalue weighted by Gasteiger charge is -2.44. The van der Waals surface area contributed by atoms with Gasteiger partial charge in [-0.3, -0.25) is 4.79 Å². The first-order valence-corrected chi connectivity index (χ1v) is 4.62. The molecule has 0 aliphatic carbocycles. The number of para-hydroxylation sites is 2. The Kier molecular flexibility index (Phi) is 1.77. The number of aromatic hydroxyl groups is 1. The zero-order valence-corrected chi connectivity index (χ0v) is 8.32. The first kappa shape index (κ1) is 9.06. The van der Waals surface area contributed by atoms with Gasteiger partial charge in [-0.15, -0.1) is 0 Å². The van der Waals surface area contributed by atoms with Gasteiger partial charge in [0.05, 0.1) is 11.1 Å². The number of amides is 1. The van der Waals surface area contributed by atoms with Crippen LogP contribution < -0.4 is 4.90 Å². The van der Waals surface area contributed by atoms with E-state index in [0.29, 0.717) is 12.2 Å². The van der Waals surface area contributed by atoms with E-state index in [1.807, 2.05) is 19.9 Å². The molecule has 0 saturated carbocycles. The monoisotopic (exact) mass is 191 g/mol. The van der Waals surface area contributed by atoms with Crippen LogP contribution in [-0.2, 0) is 4.79 Å². The molecule has 1 heterocycles. The summed E-state index contributed by atoms with van der Waals surface area (Å²) in [5.41, 5.74) is 0.333. The van der Waals surface area contributed by atoms with Crippen molar-refractivity contribution in [3.8, 4) is 5.75 Å². The van der Waals surface area contributed by atoms with Crippen LogP contribution in [-0.4, -0.2) is 17.6 Å². The highest BCUT2D eigenvalue weighted by molar-refractivity contribution is 6.04. The number of carbonyl (C=O) groups excluding carboxylic acids is 1. The van der Waals surface area contributed by atoms with Crippen LogP contribution in [0.5, 0.6) is 5.75 Å². The summed E-state index contributed by atoms with van der Waals surface area (Å²) in [7, 11) is 0. The molecule has 0 spiro atoms. The predicted octanol–water partition coefficient (Wildman–Crippen LogP) is 1.77. The highest BCUT2D eigenvalue weighted by atomic mass is 16.3. The molecule has 1 N–H and O–H groups in total. The summed E-state index contributed by atoms with van der Waals surface area (Å²) in [6.07, 6.45) is 0. The lowest BCUT2D eigenvalue weighted by Crippen LogP contribution is -2.58. The lowest BCUT2D eigenvalue weighted by molar-refractivity contribution is -0.132. The molecule has 3 heteroatoms. The molecular weight excluding hydrogens is 178 g/mol. The average molecular weight is 191 g/mol. The maximum atomic E-state index is 11.7. The van der Waals surface area contributed by atoms with E-state index in [0.717, 1.165) is 0 Å². The first-order chi connectivity index (χ1) is 6.52. The topological polar surface area (TPSA) is 40.5 Å². The Bertz CT molecular complexity index is 385. The third-order valence-electron chi connectivity index (χ3n) is 2.55. The molecule has 1 fully saturated rings. The molecular formula is C11H13NO2. The van der Waals surface area contributed by atoms with E-state index < -0.39 is 0 Å². The standard InChI is InChI=1S/C11H13NO2/c1-11(2)7-12(10(11)14)8-5-3-4-6-9(8)13/h3-6,13H,7H2,1-2H3. The summed E-state index contributed by atoms with van der Waals surface area (Å²) in [5.74, 6) is 0.232. The van der Waals surface area contributed by atoms with Crippen molar-refractivity contribution >= 4 is 11.6 Å². The van der Waals surface area contributed by atoms with E-state index >= 15 is 0 Å². The van der Waals surface area contributed by atoms with Crippen LogP contribution in [0.25, 0.3) is 0 Å². The van der Waals surface area contributed by atoms with Crippen molar-refractivity contribution in [2.45, 2.75) is 13.8 Å².